The van der Waals surface area contributed by atoms with Crippen molar-refractivity contribution in [3.8, 4) is 0 Å². The first-order valence-electron chi connectivity index (χ1n) is 7.33. The topological polar surface area (TPSA) is 92.4 Å². The minimum absolute atomic E-state index is 0.109. The van der Waals surface area contributed by atoms with E-state index < -0.39 is 12.0 Å². The highest BCUT2D eigenvalue weighted by Gasteiger charge is 2.32. The van der Waals surface area contributed by atoms with Gasteiger partial charge in [0.05, 0.1) is 0 Å². The minimum Gasteiger partial charge on any atom is -0.480 e. The average molecular weight is 270 g/mol. The first-order chi connectivity index (χ1) is 9.10. The highest BCUT2D eigenvalue weighted by Crippen LogP contribution is 2.29. The summed E-state index contributed by atoms with van der Waals surface area (Å²) < 4.78 is 0. The molecule has 0 radical (unpaired) electrons. The third-order valence-electron chi connectivity index (χ3n) is 4.01. The monoisotopic (exact) mass is 270 g/mol. The number of carboxylic acids is 1. The van der Waals surface area contributed by atoms with E-state index in [2.05, 4.69) is 5.32 Å². The molecule has 1 aliphatic rings. The predicted molar refractivity (Wildman–Crippen MR) is 73.6 cm³/mol. The normalized spacial score (nSPS) is 24.7. The molecular formula is C14H26N2O3. The number of carbonyl (C=O) groups excluding carboxylic acids is 1. The van der Waals surface area contributed by atoms with E-state index in [9.17, 15) is 9.59 Å². The molecule has 1 aliphatic carbocycles. The lowest BCUT2D eigenvalue weighted by atomic mass is 9.78. The van der Waals surface area contributed by atoms with Gasteiger partial charge in [-0.25, -0.2) is 4.79 Å². The van der Waals surface area contributed by atoms with Gasteiger partial charge in [0.2, 0.25) is 5.91 Å². The van der Waals surface area contributed by atoms with Crippen LogP contribution in [-0.2, 0) is 9.59 Å². The van der Waals surface area contributed by atoms with Crippen LogP contribution < -0.4 is 11.1 Å². The van der Waals surface area contributed by atoms with Crippen molar-refractivity contribution in [3.63, 3.8) is 0 Å². The van der Waals surface area contributed by atoms with E-state index in [0.29, 0.717) is 13.0 Å². The number of unbranched alkanes of at least 4 members (excludes halogenated alkanes) is 1. The van der Waals surface area contributed by atoms with Crippen molar-refractivity contribution in [3.05, 3.63) is 0 Å². The van der Waals surface area contributed by atoms with Crippen LogP contribution in [0.3, 0.4) is 0 Å². The summed E-state index contributed by atoms with van der Waals surface area (Å²) in [5.41, 5.74) is 5.71. The summed E-state index contributed by atoms with van der Waals surface area (Å²) in [6.45, 7) is 2.51. The number of rotatable bonds is 7. The molecule has 0 spiro atoms. The number of hydrogen-bond donors (Lipinski definition) is 3. The van der Waals surface area contributed by atoms with Crippen LogP contribution in [0.25, 0.3) is 0 Å². The van der Waals surface area contributed by atoms with Crippen molar-refractivity contribution < 1.29 is 14.7 Å². The lowest BCUT2D eigenvalue weighted by Gasteiger charge is -2.30. The van der Waals surface area contributed by atoms with Crippen molar-refractivity contribution in [2.24, 2.45) is 17.6 Å². The highest BCUT2D eigenvalue weighted by molar-refractivity contribution is 5.85. The third kappa shape index (κ3) is 4.82. The fraction of sp³-hybridized carbons (Fsp3) is 0.857. The molecule has 110 valence electrons. The molecule has 0 aromatic heterocycles. The maximum Gasteiger partial charge on any atom is 0.326 e. The maximum absolute atomic E-state index is 12.2. The Bertz CT molecular complexity index is 307. The van der Waals surface area contributed by atoms with Crippen LogP contribution in [0.5, 0.6) is 0 Å². The average Bonchev–Trinajstić information content (AvgIpc) is 2.42. The number of aliphatic carboxylic acids is 1. The molecule has 0 heterocycles. The van der Waals surface area contributed by atoms with Crippen LogP contribution in [0.1, 0.15) is 51.9 Å². The van der Waals surface area contributed by atoms with Gasteiger partial charge in [-0.05, 0) is 31.7 Å². The molecule has 1 saturated carbocycles. The Labute approximate surface area is 114 Å². The first-order valence-corrected chi connectivity index (χ1v) is 7.33. The molecule has 1 fully saturated rings. The Hall–Kier alpha value is -1.10. The standard InChI is InChI=1S/C14H26N2O3/c1-2-3-8-12(14(18)19)16-13(17)11-7-5-4-6-10(11)9-15/h10-12H,2-9,15H2,1H3,(H,16,17)(H,18,19)/t10?,11?,12-/m0/s1. The Kier molecular flexibility index (Phi) is 6.84. The second-order valence-electron chi connectivity index (χ2n) is 5.43. The van der Waals surface area contributed by atoms with Crippen LogP contribution in [0.4, 0.5) is 0 Å². The third-order valence-corrected chi connectivity index (χ3v) is 4.01. The van der Waals surface area contributed by atoms with Crippen LogP contribution >= 0.6 is 0 Å². The van der Waals surface area contributed by atoms with Crippen molar-refractivity contribution >= 4 is 11.9 Å². The Morgan fingerprint density at radius 2 is 2.05 bits per heavy atom. The van der Waals surface area contributed by atoms with Gasteiger partial charge in [-0.15, -0.1) is 0 Å². The molecule has 19 heavy (non-hydrogen) atoms. The number of nitrogens with one attached hydrogen (secondary N) is 1. The molecule has 1 amide bonds. The molecule has 0 saturated heterocycles. The van der Waals surface area contributed by atoms with Crippen LogP contribution in [0.2, 0.25) is 0 Å². The zero-order chi connectivity index (χ0) is 14.3. The summed E-state index contributed by atoms with van der Waals surface area (Å²) in [6.07, 6.45) is 6.18. The number of carboxylic acid groups (broad SMARTS) is 1. The van der Waals surface area contributed by atoms with Crippen LogP contribution in [0.15, 0.2) is 0 Å². The van der Waals surface area contributed by atoms with E-state index in [4.69, 9.17) is 10.8 Å². The molecule has 4 N–H and O–H groups in total. The summed E-state index contributed by atoms with van der Waals surface area (Å²) in [4.78, 5) is 23.4. The molecule has 2 unspecified atom stereocenters. The van der Waals surface area contributed by atoms with E-state index in [0.717, 1.165) is 38.5 Å². The van der Waals surface area contributed by atoms with E-state index in [-0.39, 0.29) is 17.7 Å². The predicted octanol–water partition coefficient (Wildman–Crippen LogP) is 1.51. The highest BCUT2D eigenvalue weighted by atomic mass is 16.4. The maximum atomic E-state index is 12.2. The summed E-state index contributed by atoms with van der Waals surface area (Å²) in [6, 6.07) is -0.757. The summed E-state index contributed by atoms with van der Waals surface area (Å²) in [5.74, 6) is -0.975. The summed E-state index contributed by atoms with van der Waals surface area (Å²) in [7, 11) is 0. The number of nitrogens with two attached hydrogens (primary N) is 1. The van der Waals surface area contributed by atoms with Gasteiger partial charge >= 0.3 is 5.97 Å². The van der Waals surface area contributed by atoms with Gasteiger partial charge in [-0.3, -0.25) is 4.79 Å². The van der Waals surface area contributed by atoms with Crippen LogP contribution in [0, 0.1) is 11.8 Å². The number of amides is 1. The zero-order valence-electron chi connectivity index (χ0n) is 11.7. The van der Waals surface area contributed by atoms with Gasteiger partial charge < -0.3 is 16.2 Å². The fourth-order valence-corrected chi connectivity index (χ4v) is 2.78. The van der Waals surface area contributed by atoms with E-state index in [1.807, 2.05) is 6.92 Å². The zero-order valence-corrected chi connectivity index (χ0v) is 11.7. The van der Waals surface area contributed by atoms with E-state index in [1.165, 1.54) is 0 Å². The lowest BCUT2D eigenvalue weighted by Crippen LogP contribution is -2.46. The molecule has 1 rings (SSSR count). The van der Waals surface area contributed by atoms with Crippen LogP contribution in [-0.4, -0.2) is 29.6 Å². The van der Waals surface area contributed by atoms with Gasteiger partial charge in [0.15, 0.2) is 0 Å². The molecule has 3 atom stereocenters. The van der Waals surface area contributed by atoms with Gasteiger partial charge in [0.1, 0.15) is 6.04 Å². The number of carbonyl (C=O) groups is 2. The smallest absolute Gasteiger partial charge is 0.326 e. The second-order valence-corrected chi connectivity index (χ2v) is 5.43. The second kappa shape index (κ2) is 8.15. The lowest BCUT2D eigenvalue weighted by molar-refractivity contribution is -0.143. The van der Waals surface area contributed by atoms with Gasteiger partial charge in [-0.2, -0.15) is 0 Å². The molecule has 5 nitrogen and oxygen atoms in total. The Morgan fingerprint density at radius 3 is 2.63 bits per heavy atom. The molecule has 0 aromatic rings. The summed E-state index contributed by atoms with van der Waals surface area (Å²) >= 11 is 0. The van der Waals surface area contributed by atoms with Crippen molar-refractivity contribution in [1.29, 1.82) is 0 Å². The molecule has 0 aromatic carbocycles. The van der Waals surface area contributed by atoms with E-state index in [1.54, 1.807) is 0 Å². The van der Waals surface area contributed by atoms with Crippen molar-refractivity contribution in [1.82, 2.24) is 5.32 Å². The van der Waals surface area contributed by atoms with E-state index >= 15 is 0 Å². The van der Waals surface area contributed by atoms with Gasteiger partial charge in [-0.1, -0.05) is 32.6 Å². The summed E-state index contributed by atoms with van der Waals surface area (Å²) in [5, 5.41) is 11.8. The molecule has 0 aliphatic heterocycles. The largest absolute Gasteiger partial charge is 0.480 e. The van der Waals surface area contributed by atoms with Crippen molar-refractivity contribution in [2.75, 3.05) is 6.54 Å². The Balaban J connectivity index is 2.56. The van der Waals surface area contributed by atoms with Gasteiger partial charge in [0.25, 0.3) is 0 Å². The van der Waals surface area contributed by atoms with Crippen molar-refractivity contribution in [2.45, 2.75) is 57.9 Å². The first kappa shape index (κ1) is 16.0. The molecule has 0 bridgehead atoms. The quantitative estimate of drug-likeness (QED) is 0.654. The molecule has 5 heteroatoms. The SMILES string of the molecule is CCCC[C@H](NC(=O)C1CCCCC1CN)C(=O)O. The minimum atomic E-state index is -0.943. The van der Waals surface area contributed by atoms with Gasteiger partial charge in [0, 0.05) is 5.92 Å². The Morgan fingerprint density at radius 1 is 1.37 bits per heavy atom. The number of hydrogen-bond acceptors (Lipinski definition) is 3. The molecular weight excluding hydrogens is 244 g/mol. The fourth-order valence-electron chi connectivity index (χ4n) is 2.78.